The quantitative estimate of drug-likeness (QED) is 0.334. The van der Waals surface area contributed by atoms with Crippen LogP contribution in [0.15, 0.2) is 36.4 Å². The van der Waals surface area contributed by atoms with Crippen molar-refractivity contribution in [2.45, 2.75) is 57.3 Å². The molecule has 2 atom stereocenters. The Morgan fingerprint density at radius 1 is 1.13 bits per heavy atom. The van der Waals surface area contributed by atoms with Crippen LogP contribution in [0.3, 0.4) is 0 Å². The number of rotatable bonds is 8. The van der Waals surface area contributed by atoms with Gasteiger partial charge in [0.05, 0.1) is 21.8 Å². The van der Waals surface area contributed by atoms with E-state index in [1.165, 1.54) is 19.1 Å². The number of hydrogen-bond donors (Lipinski definition) is 3. The summed E-state index contributed by atoms with van der Waals surface area (Å²) in [6, 6.07) is 9.22. The minimum absolute atomic E-state index is 0.0350. The Bertz CT molecular complexity index is 1190. The van der Waals surface area contributed by atoms with Crippen LogP contribution in [-0.2, 0) is 32.1 Å². The molecule has 0 aromatic heterocycles. The lowest BCUT2D eigenvalue weighted by Gasteiger charge is -2.32. The van der Waals surface area contributed by atoms with Crippen molar-refractivity contribution >= 4 is 46.7 Å². The molecule has 2 heterocycles. The molecular weight excluding hydrogens is 534 g/mol. The predicted octanol–water partition coefficient (Wildman–Crippen LogP) is 3.69. The van der Waals surface area contributed by atoms with Crippen molar-refractivity contribution in [2.75, 3.05) is 25.0 Å². The lowest BCUT2D eigenvalue weighted by molar-refractivity contribution is -0.148. The number of nitrogens with zero attached hydrogens (tertiary/aromatic N) is 1. The average molecular weight is 565 g/mol. The molecule has 38 heavy (non-hydrogen) atoms. The topological polar surface area (TPSA) is 99.8 Å². The molecule has 204 valence electrons. The van der Waals surface area contributed by atoms with Crippen LogP contribution in [0.1, 0.15) is 37.3 Å². The number of benzene rings is 2. The Morgan fingerprint density at radius 3 is 2.55 bits per heavy atom. The molecule has 2 unspecified atom stereocenters. The maximum atomic E-state index is 14.6. The number of piperidine rings is 1. The van der Waals surface area contributed by atoms with Gasteiger partial charge in [0, 0.05) is 33.1 Å². The normalized spacial score (nSPS) is 18.8. The summed E-state index contributed by atoms with van der Waals surface area (Å²) >= 11 is 11.8. The summed E-state index contributed by atoms with van der Waals surface area (Å²) in [5.41, 5.74) is 2.11. The monoisotopic (exact) mass is 564 g/mol. The Balaban J connectivity index is 1.42. The van der Waals surface area contributed by atoms with Crippen LogP contribution in [0.5, 0.6) is 0 Å². The van der Waals surface area contributed by atoms with Gasteiger partial charge in [-0.2, -0.15) is 0 Å². The number of nitrogens with one attached hydrogen (secondary N) is 3. The lowest BCUT2D eigenvalue weighted by atomic mass is 9.95. The molecule has 0 bridgehead atoms. The van der Waals surface area contributed by atoms with Crippen LogP contribution in [0.4, 0.5) is 10.1 Å². The fourth-order valence-electron chi connectivity index (χ4n) is 4.82. The SMILES string of the molecule is CC(=O)OC1CCN(CCC(NC(=O)C2Cc3ccccc3CN2)C(=O)Nc2ccc(Cl)c(Cl)c2F)CC1. The minimum Gasteiger partial charge on any atom is -0.462 e. The standard InChI is InChI=1S/C27H31Cl2FN4O4/c1-16(35)38-19-8-11-34(12-9-19)13-10-22(26(36)32-21-7-6-20(28)24(29)25(21)30)33-27(37)23-14-17-4-2-3-5-18(17)15-31-23/h2-7,19,22-23,31H,8-15H2,1H3,(H,32,36)(H,33,37). The fraction of sp³-hybridized carbons (Fsp3) is 0.444. The first-order valence-electron chi connectivity index (χ1n) is 12.7. The predicted molar refractivity (Wildman–Crippen MR) is 144 cm³/mol. The molecule has 1 fully saturated rings. The molecule has 1 saturated heterocycles. The summed E-state index contributed by atoms with van der Waals surface area (Å²) in [5, 5.41) is 8.40. The zero-order valence-corrected chi connectivity index (χ0v) is 22.6. The van der Waals surface area contributed by atoms with Crippen LogP contribution in [-0.4, -0.2) is 60.5 Å². The molecule has 4 rings (SSSR count). The van der Waals surface area contributed by atoms with E-state index in [4.69, 9.17) is 27.9 Å². The number of hydrogen-bond acceptors (Lipinski definition) is 6. The van der Waals surface area contributed by atoms with E-state index in [1.54, 1.807) is 0 Å². The van der Waals surface area contributed by atoms with Crippen LogP contribution < -0.4 is 16.0 Å². The van der Waals surface area contributed by atoms with Crippen LogP contribution in [0.2, 0.25) is 10.0 Å². The maximum absolute atomic E-state index is 14.6. The summed E-state index contributed by atoms with van der Waals surface area (Å²) < 4.78 is 19.9. The van der Waals surface area contributed by atoms with Gasteiger partial charge in [0.25, 0.3) is 0 Å². The number of amides is 2. The number of carbonyl (C=O) groups is 3. The van der Waals surface area contributed by atoms with Crippen molar-refractivity contribution in [3.05, 3.63) is 63.4 Å². The Morgan fingerprint density at radius 2 is 1.84 bits per heavy atom. The average Bonchev–Trinajstić information content (AvgIpc) is 2.91. The summed E-state index contributed by atoms with van der Waals surface area (Å²) in [6.45, 7) is 3.87. The highest BCUT2D eigenvalue weighted by atomic mass is 35.5. The number of fused-ring (bicyclic) bond motifs is 1. The van der Waals surface area contributed by atoms with Gasteiger partial charge in [-0.15, -0.1) is 0 Å². The van der Waals surface area contributed by atoms with Gasteiger partial charge in [-0.05, 0) is 48.9 Å². The molecular formula is C27H31Cl2FN4O4. The van der Waals surface area contributed by atoms with Gasteiger partial charge in [-0.3, -0.25) is 14.4 Å². The molecule has 0 saturated carbocycles. The third kappa shape index (κ3) is 7.22. The third-order valence-electron chi connectivity index (χ3n) is 6.93. The van der Waals surface area contributed by atoms with E-state index in [9.17, 15) is 18.8 Å². The first kappa shape index (κ1) is 28.3. The molecule has 3 N–H and O–H groups in total. The van der Waals surface area contributed by atoms with E-state index in [-0.39, 0.29) is 33.7 Å². The Labute approximate surface area is 231 Å². The number of likely N-dealkylation sites (tertiary alicyclic amines) is 1. The zero-order valence-electron chi connectivity index (χ0n) is 21.1. The van der Waals surface area contributed by atoms with Crippen molar-refractivity contribution in [3.63, 3.8) is 0 Å². The number of esters is 1. The van der Waals surface area contributed by atoms with E-state index in [1.807, 2.05) is 24.3 Å². The maximum Gasteiger partial charge on any atom is 0.302 e. The molecule has 2 aliphatic heterocycles. The zero-order chi connectivity index (χ0) is 27.2. The number of halogens is 3. The molecule has 0 spiro atoms. The molecule has 0 radical (unpaired) electrons. The highest BCUT2D eigenvalue weighted by molar-refractivity contribution is 6.42. The summed E-state index contributed by atoms with van der Waals surface area (Å²) in [5.74, 6) is -1.99. The van der Waals surface area contributed by atoms with Gasteiger partial charge in [0.15, 0.2) is 5.82 Å². The number of ether oxygens (including phenoxy) is 1. The van der Waals surface area contributed by atoms with Crippen molar-refractivity contribution in [1.29, 1.82) is 0 Å². The number of carbonyl (C=O) groups excluding carboxylic acids is 3. The van der Waals surface area contributed by atoms with E-state index in [0.717, 1.165) is 11.1 Å². The van der Waals surface area contributed by atoms with Crippen molar-refractivity contribution < 1.29 is 23.5 Å². The van der Waals surface area contributed by atoms with Crippen LogP contribution >= 0.6 is 23.2 Å². The largest absolute Gasteiger partial charge is 0.462 e. The molecule has 2 amide bonds. The van der Waals surface area contributed by atoms with Gasteiger partial charge in [-0.25, -0.2) is 4.39 Å². The van der Waals surface area contributed by atoms with Crippen LogP contribution in [0, 0.1) is 5.82 Å². The molecule has 11 heteroatoms. The van der Waals surface area contributed by atoms with E-state index < -0.39 is 23.8 Å². The molecule has 2 aliphatic rings. The first-order chi connectivity index (χ1) is 18.2. The van der Waals surface area contributed by atoms with Gasteiger partial charge in [-0.1, -0.05) is 47.5 Å². The molecule has 2 aromatic carbocycles. The molecule has 8 nitrogen and oxygen atoms in total. The summed E-state index contributed by atoms with van der Waals surface area (Å²) in [4.78, 5) is 39.9. The second kappa shape index (κ2) is 12.9. The van der Waals surface area contributed by atoms with Gasteiger partial charge >= 0.3 is 5.97 Å². The van der Waals surface area contributed by atoms with E-state index in [2.05, 4.69) is 20.9 Å². The van der Waals surface area contributed by atoms with Crippen molar-refractivity contribution in [1.82, 2.24) is 15.5 Å². The highest BCUT2D eigenvalue weighted by Crippen LogP contribution is 2.30. The van der Waals surface area contributed by atoms with Crippen molar-refractivity contribution in [2.24, 2.45) is 0 Å². The number of anilines is 1. The second-order valence-electron chi connectivity index (χ2n) is 9.62. The second-order valence-corrected chi connectivity index (χ2v) is 10.4. The highest BCUT2D eigenvalue weighted by Gasteiger charge is 2.30. The lowest BCUT2D eigenvalue weighted by Crippen LogP contribution is -2.54. The van der Waals surface area contributed by atoms with Gasteiger partial charge < -0.3 is 25.6 Å². The van der Waals surface area contributed by atoms with E-state index >= 15 is 0 Å². The Kier molecular flexibility index (Phi) is 9.59. The first-order valence-corrected chi connectivity index (χ1v) is 13.4. The smallest absolute Gasteiger partial charge is 0.302 e. The molecule has 2 aromatic rings. The van der Waals surface area contributed by atoms with Crippen LogP contribution in [0.25, 0.3) is 0 Å². The fourth-order valence-corrected chi connectivity index (χ4v) is 5.13. The Hall–Kier alpha value is -2.72. The third-order valence-corrected chi connectivity index (χ3v) is 7.71. The molecule has 0 aliphatic carbocycles. The van der Waals surface area contributed by atoms with Gasteiger partial charge in [0.2, 0.25) is 11.8 Å². The van der Waals surface area contributed by atoms with E-state index in [0.29, 0.717) is 51.9 Å². The van der Waals surface area contributed by atoms with Gasteiger partial charge in [0.1, 0.15) is 12.1 Å². The van der Waals surface area contributed by atoms with Crippen molar-refractivity contribution in [3.8, 4) is 0 Å². The summed E-state index contributed by atoms with van der Waals surface area (Å²) in [6.07, 6.45) is 2.09. The summed E-state index contributed by atoms with van der Waals surface area (Å²) in [7, 11) is 0. The minimum atomic E-state index is -0.915.